The van der Waals surface area contributed by atoms with E-state index in [0.717, 1.165) is 64.2 Å². The number of ether oxygens (including phenoxy) is 2. The first-order chi connectivity index (χ1) is 30.0. The fraction of sp³-hybridized carbons (Fsp3) is 0.808. The molecule has 0 aliphatic heterocycles. The van der Waals surface area contributed by atoms with Crippen LogP contribution in [-0.4, -0.2) is 74.9 Å². The predicted molar refractivity (Wildman–Crippen MR) is 261 cm³/mol. The quantitative estimate of drug-likeness (QED) is 0.0212. The second-order valence-corrected chi connectivity index (χ2v) is 19.6. The Kier molecular flexibility index (Phi) is 42.7. The molecule has 0 aromatic heterocycles. The van der Waals surface area contributed by atoms with Crippen LogP contribution in [-0.2, 0) is 32.7 Å². The maximum absolute atomic E-state index is 12.7. The molecule has 0 amide bonds. The standard InChI is InChI=1S/C52H96NO8P/c1-6-8-10-12-14-16-18-20-22-23-24-25-26-27-28-29-31-33-35-37-39-41-43-45-52(55)61-50(49-60-62(56,57)59-47-46-53(3,4)5)48-58-51(54)44-42-40-38-36-34-32-30-21-19-17-15-13-11-9-7-2/h9,11,15,17,21,30,37,39,50H,6-8,10,12-14,16,18-20,22-29,31-36,38,40-49H2,1-5H3/p+1/b11-9+,17-15+,30-21+,39-37+/t50-/m1/s1. The van der Waals surface area contributed by atoms with E-state index in [1.807, 2.05) is 21.1 Å². The number of esters is 2. The summed E-state index contributed by atoms with van der Waals surface area (Å²) in [5, 5.41) is 0. The van der Waals surface area contributed by atoms with Crippen molar-refractivity contribution in [3.05, 3.63) is 48.6 Å². The van der Waals surface area contributed by atoms with Crippen molar-refractivity contribution in [1.82, 2.24) is 0 Å². The molecule has 10 heteroatoms. The van der Waals surface area contributed by atoms with Crippen LogP contribution < -0.4 is 0 Å². The van der Waals surface area contributed by atoms with E-state index in [2.05, 4.69) is 62.5 Å². The highest BCUT2D eigenvalue weighted by Gasteiger charge is 2.27. The Hall–Kier alpha value is -2.03. The Morgan fingerprint density at radius 2 is 0.935 bits per heavy atom. The fourth-order valence-electron chi connectivity index (χ4n) is 6.92. The lowest BCUT2D eigenvalue weighted by Gasteiger charge is -2.24. The van der Waals surface area contributed by atoms with E-state index in [0.29, 0.717) is 23.9 Å². The van der Waals surface area contributed by atoms with Crippen molar-refractivity contribution < 1.29 is 42.1 Å². The van der Waals surface area contributed by atoms with Gasteiger partial charge in [0.05, 0.1) is 27.7 Å². The van der Waals surface area contributed by atoms with Gasteiger partial charge < -0.3 is 18.9 Å². The molecule has 0 radical (unpaired) electrons. The van der Waals surface area contributed by atoms with E-state index in [9.17, 15) is 19.0 Å². The number of likely N-dealkylation sites (N-methyl/N-ethyl adjacent to an activating group) is 1. The van der Waals surface area contributed by atoms with Gasteiger partial charge in [-0.2, -0.15) is 0 Å². The molecule has 0 aromatic carbocycles. The SMILES string of the molecule is CC/C=C/C/C=C/C/C=C/CCCCCCCC(=O)OC[C@H](COP(=O)(O)OCC[N+](C)(C)C)OC(=O)CCC/C=C/CCCCCCCCCCCCCCCCCCCC. The van der Waals surface area contributed by atoms with Crippen molar-refractivity contribution >= 4 is 19.8 Å². The average molecular weight is 895 g/mol. The number of hydrogen-bond donors (Lipinski definition) is 1. The minimum Gasteiger partial charge on any atom is -0.462 e. The van der Waals surface area contributed by atoms with Crippen molar-refractivity contribution in [3.8, 4) is 0 Å². The second-order valence-electron chi connectivity index (χ2n) is 18.2. The first-order valence-corrected chi connectivity index (χ1v) is 26.9. The third-order valence-corrected chi connectivity index (χ3v) is 11.8. The number of rotatable bonds is 46. The summed E-state index contributed by atoms with van der Waals surface area (Å²) in [5.74, 6) is -0.852. The topological polar surface area (TPSA) is 108 Å². The van der Waals surface area contributed by atoms with Gasteiger partial charge in [-0.25, -0.2) is 4.57 Å². The number of hydrogen-bond acceptors (Lipinski definition) is 7. The molecule has 1 N–H and O–H groups in total. The Bertz CT molecular complexity index is 1190. The lowest BCUT2D eigenvalue weighted by molar-refractivity contribution is -0.870. The Morgan fingerprint density at radius 3 is 1.44 bits per heavy atom. The summed E-state index contributed by atoms with van der Waals surface area (Å²) in [4.78, 5) is 35.5. The number of unbranched alkanes of at least 4 members (excludes halogenated alkanes) is 24. The molecule has 0 fully saturated rings. The highest BCUT2D eigenvalue weighted by atomic mass is 31.2. The first kappa shape index (κ1) is 60.0. The van der Waals surface area contributed by atoms with Gasteiger partial charge in [0.2, 0.25) is 0 Å². The van der Waals surface area contributed by atoms with Crippen molar-refractivity contribution in [2.45, 2.75) is 225 Å². The highest BCUT2D eigenvalue weighted by Crippen LogP contribution is 2.43. The zero-order chi connectivity index (χ0) is 45.7. The molecular formula is C52H97NO8P+. The second kappa shape index (κ2) is 44.2. The number of phosphoric acid groups is 1. The van der Waals surface area contributed by atoms with E-state index in [4.69, 9.17) is 18.5 Å². The molecule has 0 aliphatic carbocycles. The van der Waals surface area contributed by atoms with Gasteiger partial charge in [-0.3, -0.25) is 18.6 Å². The molecule has 0 heterocycles. The van der Waals surface area contributed by atoms with Crippen molar-refractivity contribution in [2.24, 2.45) is 0 Å². The van der Waals surface area contributed by atoms with Crippen LogP contribution in [0.5, 0.6) is 0 Å². The molecule has 0 saturated heterocycles. The minimum atomic E-state index is -4.39. The minimum absolute atomic E-state index is 0.0233. The first-order valence-electron chi connectivity index (χ1n) is 25.4. The molecule has 0 aliphatic rings. The van der Waals surface area contributed by atoms with Gasteiger partial charge in [-0.05, 0) is 64.2 Å². The van der Waals surface area contributed by atoms with Gasteiger partial charge >= 0.3 is 19.8 Å². The summed E-state index contributed by atoms with van der Waals surface area (Å²) in [6.45, 7) is 4.28. The molecule has 2 atom stereocenters. The van der Waals surface area contributed by atoms with Gasteiger partial charge in [0.1, 0.15) is 19.8 Å². The highest BCUT2D eigenvalue weighted by molar-refractivity contribution is 7.47. The average Bonchev–Trinajstić information content (AvgIpc) is 3.23. The third kappa shape index (κ3) is 47.4. The van der Waals surface area contributed by atoms with Crippen LogP contribution in [0.25, 0.3) is 0 Å². The lowest BCUT2D eigenvalue weighted by Crippen LogP contribution is -2.37. The molecule has 1 unspecified atom stereocenters. The molecule has 62 heavy (non-hydrogen) atoms. The van der Waals surface area contributed by atoms with Crippen LogP contribution in [0.1, 0.15) is 219 Å². The van der Waals surface area contributed by atoms with Crippen LogP contribution in [0.3, 0.4) is 0 Å². The summed E-state index contributed by atoms with van der Waals surface area (Å²) >= 11 is 0. The molecule has 0 saturated carbocycles. The maximum Gasteiger partial charge on any atom is 0.472 e. The van der Waals surface area contributed by atoms with Gasteiger partial charge in [-0.1, -0.05) is 191 Å². The normalized spacial score (nSPS) is 13.8. The Balaban J connectivity index is 4.27. The van der Waals surface area contributed by atoms with Gasteiger partial charge in [0, 0.05) is 12.8 Å². The van der Waals surface area contributed by atoms with Gasteiger partial charge in [0.15, 0.2) is 6.10 Å². The molecule has 0 rings (SSSR count). The van der Waals surface area contributed by atoms with Crippen LogP contribution in [0.15, 0.2) is 48.6 Å². The summed E-state index contributed by atoms with van der Waals surface area (Å²) < 4.78 is 34.4. The number of carbonyl (C=O) groups excluding carboxylic acids is 2. The van der Waals surface area contributed by atoms with E-state index in [1.165, 1.54) is 116 Å². The summed E-state index contributed by atoms with van der Waals surface area (Å²) in [5.41, 5.74) is 0. The van der Waals surface area contributed by atoms with E-state index in [1.54, 1.807) is 0 Å². The molecular weight excluding hydrogens is 798 g/mol. The van der Waals surface area contributed by atoms with Crippen LogP contribution in [0.2, 0.25) is 0 Å². The van der Waals surface area contributed by atoms with Crippen molar-refractivity contribution in [2.75, 3.05) is 47.5 Å². The molecule has 362 valence electrons. The van der Waals surface area contributed by atoms with Crippen LogP contribution in [0.4, 0.5) is 0 Å². The number of phosphoric ester groups is 1. The van der Waals surface area contributed by atoms with E-state index < -0.39 is 32.5 Å². The third-order valence-electron chi connectivity index (χ3n) is 10.8. The number of nitrogens with zero attached hydrogens (tertiary/aromatic N) is 1. The largest absolute Gasteiger partial charge is 0.472 e. The van der Waals surface area contributed by atoms with Gasteiger partial charge in [0.25, 0.3) is 0 Å². The van der Waals surface area contributed by atoms with Crippen LogP contribution >= 0.6 is 7.82 Å². The summed E-state index contributed by atoms with van der Waals surface area (Å²) in [7, 11) is 1.45. The van der Waals surface area contributed by atoms with E-state index >= 15 is 0 Å². The number of quaternary nitrogens is 1. The number of carbonyl (C=O) groups is 2. The predicted octanol–water partition coefficient (Wildman–Crippen LogP) is 15.0. The maximum atomic E-state index is 12.7. The van der Waals surface area contributed by atoms with E-state index in [-0.39, 0.29) is 26.1 Å². The zero-order valence-electron chi connectivity index (χ0n) is 40.9. The van der Waals surface area contributed by atoms with Gasteiger partial charge in [-0.15, -0.1) is 0 Å². The van der Waals surface area contributed by atoms with Crippen molar-refractivity contribution in [1.29, 1.82) is 0 Å². The Labute approximate surface area is 382 Å². The number of allylic oxidation sites excluding steroid dienone is 8. The zero-order valence-corrected chi connectivity index (χ0v) is 41.7. The molecule has 0 bridgehead atoms. The molecule has 0 spiro atoms. The summed E-state index contributed by atoms with van der Waals surface area (Å²) in [6, 6.07) is 0. The summed E-state index contributed by atoms with van der Waals surface area (Å²) in [6.07, 6.45) is 53.3. The van der Waals surface area contributed by atoms with Crippen LogP contribution in [0, 0.1) is 0 Å². The molecule has 9 nitrogen and oxygen atoms in total. The lowest BCUT2D eigenvalue weighted by atomic mass is 10.0. The molecule has 0 aromatic rings. The monoisotopic (exact) mass is 895 g/mol. The Morgan fingerprint density at radius 1 is 0.516 bits per heavy atom. The fourth-order valence-corrected chi connectivity index (χ4v) is 7.66. The smallest absolute Gasteiger partial charge is 0.462 e. The van der Waals surface area contributed by atoms with Crippen molar-refractivity contribution in [3.63, 3.8) is 0 Å².